The van der Waals surface area contributed by atoms with E-state index in [0.717, 1.165) is 18.4 Å². The number of pyridine rings is 1. The van der Waals surface area contributed by atoms with E-state index in [1.807, 2.05) is 26.0 Å². The number of aryl methyl sites for hydroxylation is 1. The van der Waals surface area contributed by atoms with Gasteiger partial charge in [0.15, 0.2) is 0 Å². The maximum atomic E-state index is 9.76. The minimum absolute atomic E-state index is 0.271. The highest BCUT2D eigenvalue weighted by Gasteiger charge is 2.09. The second-order valence-corrected chi connectivity index (χ2v) is 4.75. The van der Waals surface area contributed by atoms with Crippen molar-refractivity contribution in [3.05, 3.63) is 23.9 Å². The third-order valence-corrected chi connectivity index (χ3v) is 2.54. The monoisotopic (exact) mass is 252 g/mol. The number of nitrogens with one attached hydrogen (secondary N) is 1. The van der Waals surface area contributed by atoms with Crippen LogP contribution in [0.25, 0.3) is 0 Å². The molecule has 2 N–H and O–H groups in total. The summed E-state index contributed by atoms with van der Waals surface area (Å²) in [5, 5.41) is 12.9. The van der Waals surface area contributed by atoms with Crippen molar-refractivity contribution in [2.45, 2.75) is 45.8 Å². The van der Waals surface area contributed by atoms with Crippen molar-refractivity contribution in [1.29, 1.82) is 0 Å². The quantitative estimate of drug-likeness (QED) is 0.740. The van der Waals surface area contributed by atoms with Gasteiger partial charge in [-0.25, -0.2) is 4.98 Å². The molecule has 0 aliphatic heterocycles. The number of ether oxygens (including phenoxy) is 1. The van der Waals surface area contributed by atoms with E-state index in [0.29, 0.717) is 18.5 Å². The van der Waals surface area contributed by atoms with Crippen molar-refractivity contribution in [1.82, 2.24) is 10.3 Å². The minimum Gasteiger partial charge on any atom is -0.475 e. The Balaban J connectivity index is 2.42. The summed E-state index contributed by atoms with van der Waals surface area (Å²) in [4.78, 5) is 4.21. The maximum Gasteiger partial charge on any atom is 0.216 e. The van der Waals surface area contributed by atoms with Gasteiger partial charge in [0, 0.05) is 24.3 Å². The van der Waals surface area contributed by atoms with E-state index in [-0.39, 0.29) is 6.61 Å². The molecule has 0 spiro atoms. The summed E-state index contributed by atoms with van der Waals surface area (Å²) in [5.41, 5.74) is 1.10. The van der Waals surface area contributed by atoms with Crippen LogP contribution in [0.2, 0.25) is 0 Å². The van der Waals surface area contributed by atoms with Gasteiger partial charge in [-0.3, -0.25) is 0 Å². The molecule has 1 aromatic rings. The summed E-state index contributed by atoms with van der Waals surface area (Å²) in [6.07, 6.45) is 3.21. The van der Waals surface area contributed by atoms with Gasteiger partial charge in [-0.15, -0.1) is 0 Å². The summed E-state index contributed by atoms with van der Waals surface area (Å²) < 4.78 is 5.58. The first kappa shape index (κ1) is 14.9. The Morgan fingerprint density at radius 2 is 2.22 bits per heavy atom. The first-order valence-electron chi connectivity index (χ1n) is 6.61. The molecule has 0 aliphatic rings. The van der Waals surface area contributed by atoms with Gasteiger partial charge in [-0.1, -0.05) is 33.3 Å². The molecule has 1 atom stereocenters. The molecule has 0 saturated heterocycles. The van der Waals surface area contributed by atoms with Crippen LogP contribution in [0, 0.1) is 0 Å². The molecule has 1 aromatic heterocycles. The van der Waals surface area contributed by atoms with E-state index < -0.39 is 6.10 Å². The molecule has 1 rings (SSSR count). The smallest absolute Gasteiger partial charge is 0.216 e. The van der Waals surface area contributed by atoms with E-state index in [1.54, 1.807) is 6.20 Å². The van der Waals surface area contributed by atoms with Gasteiger partial charge in [0.25, 0.3) is 0 Å². The molecule has 4 heteroatoms. The zero-order valence-corrected chi connectivity index (χ0v) is 11.5. The molecule has 0 fully saturated rings. The Morgan fingerprint density at radius 1 is 1.44 bits per heavy atom. The summed E-state index contributed by atoms with van der Waals surface area (Å²) in [5.74, 6) is 0.642. The highest BCUT2D eigenvalue weighted by atomic mass is 16.5. The van der Waals surface area contributed by atoms with Crippen LogP contribution < -0.4 is 10.1 Å². The van der Waals surface area contributed by atoms with E-state index in [9.17, 15) is 5.11 Å². The fraction of sp³-hybridized carbons (Fsp3) is 0.643. The van der Waals surface area contributed by atoms with Gasteiger partial charge >= 0.3 is 0 Å². The summed E-state index contributed by atoms with van der Waals surface area (Å²) >= 11 is 0. The lowest BCUT2D eigenvalue weighted by atomic mass is 10.1. The first-order valence-corrected chi connectivity index (χ1v) is 6.61. The molecule has 0 aliphatic carbocycles. The largest absolute Gasteiger partial charge is 0.475 e. The average Bonchev–Trinajstić information content (AvgIpc) is 2.35. The molecule has 18 heavy (non-hydrogen) atoms. The Hall–Kier alpha value is -1.13. The van der Waals surface area contributed by atoms with Crippen LogP contribution in [0.15, 0.2) is 18.3 Å². The normalized spacial score (nSPS) is 12.7. The van der Waals surface area contributed by atoms with Crippen molar-refractivity contribution in [2.75, 3.05) is 13.2 Å². The standard InChI is InChI=1S/C14H24N2O2/c1-4-6-12-7-5-8-15-14(12)18-10-13(17)9-16-11(2)3/h5,7-8,11,13,16-17H,4,6,9-10H2,1-3H3. The fourth-order valence-corrected chi connectivity index (χ4v) is 1.62. The number of aliphatic hydroxyl groups excluding tert-OH is 1. The third-order valence-electron chi connectivity index (χ3n) is 2.54. The molecule has 4 nitrogen and oxygen atoms in total. The molecule has 102 valence electrons. The Morgan fingerprint density at radius 3 is 2.89 bits per heavy atom. The van der Waals surface area contributed by atoms with Crippen molar-refractivity contribution < 1.29 is 9.84 Å². The topological polar surface area (TPSA) is 54.4 Å². The van der Waals surface area contributed by atoms with Crippen LogP contribution in [0.5, 0.6) is 5.88 Å². The second-order valence-electron chi connectivity index (χ2n) is 4.75. The number of aromatic nitrogens is 1. The Kier molecular flexibility index (Phi) is 6.68. The third kappa shape index (κ3) is 5.47. The highest BCUT2D eigenvalue weighted by molar-refractivity contribution is 5.25. The van der Waals surface area contributed by atoms with Gasteiger partial charge in [0.2, 0.25) is 5.88 Å². The van der Waals surface area contributed by atoms with Gasteiger partial charge in [0.1, 0.15) is 12.7 Å². The molecule has 0 aromatic carbocycles. The van der Waals surface area contributed by atoms with Gasteiger partial charge in [-0.2, -0.15) is 0 Å². The van der Waals surface area contributed by atoms with Crippen molar-refractivity contribution in [2.24, 2.45) is 0 Å². The van der Waals surface area contributed by atoms with E-state index >= 15 is 0 Å². The molecule has 0 amide bonds. The van der Waals surface area contributed by atoms with Crippen molar-refractivity contribution >= 4 is 0 Å². The molecular formula is C14H24N2O2. The van der Waals surface area contributed by atoms with Gasteiger partial charge in [-0.05, 0) is 12.5 Å². The highest BCUT2D eigenvalue weighted by Crippen LogP contribution is 2.16. The van der Waals surface area contributed by atoms with E-state index in [1.165, 1.54) is 0 Å². The summed E-state index contributed by atoms with van der Waals surface area (Å²) in [6, 6.07) is 4.30. The zero-order chi connectivity index (χ0) is 13.4. The number of nitrogens with zero attached hydrogens (tertiary/aromatic N) is 1. The predicted molar refractivity (Wildman–Crippen MR) is 72.9 cm³/mol. The lowest BCUT2D eigenvalue weighted by molar-refractivity contribution is 0.101. The number of hydrogen-bond acceptors (Lipinski definition) is 4. The molecule has 0 radical (unpaired) electrons. The maximum absolute atomic E-state index is 9.76. The Labute approximate surface area is 109 Å². The average molecular weight is 252 g/mol. The van der Waals surface area contributed by atoms with E-state index in [4.69, 9.17) is 4.74 Å². The molecule has 0 saturated carbocycles. The van der Waals surface area contributed by atoms with Crippen LogP contribution in [0.3, 0.4) is 0 Å². The molecule has 1 unspecified atom stereocenters. The van der Waals surface area contributed by atoms with Gasteiger partial charge < -0.3 is 15.2 Å². The summed E-state index contributed by atoms with van der Waals surface area (Å²) in [7, 11) is 0. The Bertz CT molecular complexity index is 342. The van der Waals surface area contributed by atoms with Gasteiger partial charge in [0.05, 0.1) is 0 Å². The fourth-order valence-electron chi connectivity index (χ4n) is 1.62. The molecule has 0 bridgehead atoms. The van der Waals surface area contributed by atoms with E-state index in [2.05, 4.69) is 17.2 Å². The van der Waals surface area contributed by atoms with Crippen LogP contribution in [-0.4, -0.2) is 35.4 Å². The SMILES string of the molecule is CCCc1cccnc1OCC(O)CNC(C)C. The summed E-state index contributed by atoms with van der Waals surface area (Å²) in [6.45, 7) is 7.02. The van der Waals surface area contributed by atoms with Crippen molar-refractivity contribution in [3.63, 3.8) is 0 Å². The van der Waals surface area contributed by atoms with Crippen LogP contribution in [-0.2, 0) is 6.42 Å². The number of hydrogen-bond donors (Lipinski definition) is 2. The zero-order valence-electron chi connectivity index (χ0n) is 11.5. The van der Waals surface area contributed by atoms with Crippen LogP contribution >= 0.6 is 0 Å². The molecule has 1 heterocycles. The van der Waals surface area contributed by atoms with Crippen LogP contribution in [0.4, 0.5) is 0 Å². The lowest BCUT2D eigenvalue weighted by Gasteiger charge is -2.15. The lowest BCUT2D eigenvalue weighted by Crippen LogP contribution is -2.35. The molecular weight excluding hydrogens is 228 g/mol. The number of aliphatic hydroxyl groups is 1. The minimum atomic E-state index is -0.510. The van der Waals surface area contributed by atoms with Crippen LogP contribution in [0.1, 0.15) is 32.8 Å². The number of rotatable bonds is 8. The second kappa shape index (κ2) is 8.06. The van der Waals surface area contributed by atoms with Crippen molar-refractivity contribution in [3.8, 4) is 5.88 Å². The first-order chi connectivity index (χ1) is 8.63. The predicted octanol–water partition coefficient (Wildman–Crippen LogP) is 1.77.